The molecule has 0 aromatic heterocycles. The molecule has 1 aliphatic rings. The third-order valence-electron chi connectivity index (χ3n) is 2.65. The van der Waals surface area contributed by atoms with Gasteiger partial charge in [-0.15, -0.1) is 0 Å². The summed E-state index contributed by atoms with van der Waals surface area (Å²) in [4.78, 5) is 0. The summed E-state index contributed by atoms with van der Waals surface area (Å²) < 4.78 is 0. The number of fused-ring (bicyclic) bond motifs is 1. The van der Waals surface area contributed by atoms with Gasteiger partial charge >= 0.3 is 0 Å². The summed E-state index contributed by atoms with van der Waals surface area (Å²) in [6, 6.07) is 6.68. The fourth-order valence-electron chi connectivity index (χ4n) is 1.91. The molecule has 0 fully saturated rings. The first-order valence-corrected chi connectivity index (χ1v) is 4.71. The molecule has 60 valence electrons. The Morgan fingerprint density at radius 3 is 2.58 bits per heavy atom. The third-order valence-corrected chi connectivity index (χ3v) is 2.65. The first-order chi connectivity index (χ1) is 5.90. The average Bonchev–Trinajstić information content (AvgIpc) is 2.17. The van der Waals surface area contributed by atoms with E-state index in [1.54, 1.807) is 5.56 Å². The van der Waals surface area contributed by atoms with Crippen LogP contribution in [0, 0.1) is 0 Å². The fourth-order valence-corrected chi connectivity index (χ4v) is 1.91. The van der Waals surface area contributed by atoms with Crippen LogP contribution in [0.25, 0.3) is 0 Å². The highest BCUT2D eigenvalue weighted by Gasteiger charge is 2.08. The van der Waals surface area contributed by atoms with Gasteiger partial charge in [0, 0.05) is 0 Å². The summed E-state index contributed by atoms with van der Waals surface area (Å²) in [6.07, 6.45) is 5.90. The van der Waals surface area contributed by atoms with E-state index in [0.717, 1.165) is 0 Å². The average molecular weight is 156 g/mol. The number of aryl methyl sites for hydroxylation is 2. The lowest BCUT2D eigenvalue weighted by molar-refractivity contribution is 0.685. The van der Waals surface area contributed by atoms with Crippen molar-refractivity contribution in [3.8, 4) is 0 Å². The van der Waals surface area contributed by atoms with Gasteiger partial charge in [0.2, 0.25) is 0 Å². The van der Waals surface area contributed by atoms with Gasteiger partial charge in [0.1, 0.15) is 0 Å². The number of hydrogen-bond donors (Lipinski definition) is 0. The number of benzene rings is 1. The first-order valence-electron chi connectivity index (χ1n) is 4.71. The molecule has 0 nitrogen and oxygen atoms in total. The number of rotatable bonds is 1. The molecule has 0 atom stereocenters. The standard InChI is InChI=1S/C11H13B/c12-8-9-5-6-10-3-1-2-4-11(10)7-9/h5-7H,1-4,8H2. The van der Waals surface area contributed by atoms with E-state index in [2.05, 4.69) is 18.2 Å². The monoisotopic (exact) mass is 156 g/mol. The van der Waals surface area contributed by atoms with Crippen molar-refractivity contribution in [2.24, 2.45) is 0 Å². The van der Waals surface area contributed by atoms with Crippen molar-refractivity contribution in [1.82, 2.24) is 0 Å². The van der Waals surface area contributed by atoms with E-state index in [1.807, 2.05) is 0 Å². The van der Waals surface area contributed by atoms with Crippen molar-refractivity contribution in [2.75, 3.05) is 0 Å². The minimum atomic E-state index is 0.674. The normalized spacial score (nSPS) is 15.7. The van der Waals surface area contributed by atoms with Crippen molar-refractivity contribution in [2.45, 2.75) is 32.0 Å². The largest absolute Gasteiger partial charge is 0.0716 e. The Labute approximate surface area is 75.4 Å². The van der Waals surface area contributed by atoms with Gasteiger partial charge in [0.05, 0.1) is 7.85 Å². The van der Waals surface area contributed by atoms with Crippen LogP contribution in [0.1, 0.15) is 29.5 Å². The van der Waals surface area contributed by atoms with Crippen LogP contribution < -0.4 is 0 Å². The van der Waals surface area contributed by atoms with Crippen molar-refractivity contribution in [3.63, 3.8) is 0 Å². The van der Waals surface area contributed by atoms with Gasteiger partial charge < -0.3 is 0 Å². The molecule has 2 radical (unpaired) electrons. The van der Waals surface area contributed by atoms with E-state index in [1.165, 1.54) is 36.8 Å². The highest BCUT2D eigenvalue weighted by Crippen LogP contribution is 2.21. The molecule has 0 amide bonds. The predicted octanol–water partition coefficient (Wildman–Crippen LogP) is 2.23. The maximum atomic E-state index is 5.58. The van der Waals surface area contributed by atoms with Crippen LogP contribution in [0.3, 0.4) is 0 Å². The van der Waals surface area contributed by atoms with Crippen LogP contribution in [0.2, 0.25) is 0 Å². The SMILES string of the molecule is [B]Cc1ccc2c(c1)CCCC2. The molecule has 0 spiro atoms. The summed E-state index contributed by atoms with van der Waals surface area (Å²) in [5, 5.41) is 0. The first kappa shape index (κ1) is 7.91. The van der Waals surface area contributed by atoms with E-state index in [0.29, 0.717) is 6.32 Å². The molecule has 0 heterocycles. The van der Waals surface area contributed by atoms with E-state index in [9.17, 15) is 0 Å². The van der Waals surface area contributed by atoms with Gasteiger partial charge in [-0.1, -0.05) is 30.1 Å². The lowest BCUT2D eigenvalue weighted by Crippen LogP contribution is -2.03. The Balaban J connectivity index is 2.36. The zero-order chi connectivity index (χ0) is 8.39. The second kappa shape index (κ2) is 3.34. The second-order valence-corrected chi connectivity index (χ2v) is 3.51. The summed E-state index contributed by atoms with van der Waals surface area (Å²) in [7, 11) is 5.58. The van der Waals surface area contributed by atoms with Gasteiger partial charge in [0.25, 0.3) is 0 Å². The zero-order valence-electron chi connectivity index (χ0n) is 7.34. The second-order valence-electron chi connectivity index (χ2n) is 3.51. The minimum absolute atomic E-state index is 0.674. The Morgan fingerprint density at radius 1 is 1.08 bits per heavy atom. The molecule has 0 bridgehead atoms. The van der Waals surface area contributed by atoms with Crippen molar-refractivity contribution >= 4 is 7.85 Å². The van der Waals surface area contributed by atoms with Gasteiger partial charge in [-0.25, -0.2) is 0 Å². The Hall–Kier alpha value is -0.715. The highest BCUT2D eigenvalue weighted by atomic mass is 14.1. The molecule has 1 aromatic carbocycles. The summed E-state index contributed by atoms with van der Waals surface area (Å²) >= 11 is 0. The maximum Gasteiger partial charge on any atom is 0.0716 e. The molecule has 0 aliphatic heterocycles. The minimum Gasteiger partial charge on any atom is -0.0643 e. The maximum absolute atomic E-state index is 5.58. The van der Waals surface area contributed by atoms with Gasteiger partial charge in [-0.05, 0) is 36.8 Å². The summed E-state index contributed by atoms with van der Waals surface area (Å²) in [5.74, 6) is 0. The molecule has 1 aliphatic carbocycles. The Morgan fingerprint density at radius 2 is 1.83 bits per heavy atom. The van der Waals surface area contributed by atoms with Crippen LogP contribution in [-0.2, 0) is 19.2 Å². The molecule has 2 rings (SSSR count). The molecule has 0 N–H and O–H groups in total. The van der Waals surface area contributed by atoms with Crippen molar-refractivity contribution < 1.29 is 0 Å². The van der Waals surface area contributed by atoms with Crippen LogP contribution in [0.15, 0.2) is 18.2 Å². The highest BCUT2D eigenvalue weighted by molar-refractivity contribution is 6.08. The number of hydrogen-bond acceptors (Lipinski definition) is 0. The van der Waals surface area contributed by atoms with Gasteiger partial charge in [-0.3, -0.25) is 0 Å². The predicted molar refractivity (Wildman–Crippen MR) is 52.5 cm³/mol. The topological polar surface area (TPSA) is 0 Å². The Kier molecular flexibility index (Phi) is 2.20. The quantitative estimate of drug-likeness (QED) is 0.547. The van der Waals surface area contributed by atoms with E-state index < -0.39 is 0 Å². The van der Waals surface area contributed by atoms with Gasteiger partial charge in [0.15, 0.2) is 0 Å². The van der Waals surface area contributed by atoms with Crippen LogP contribution in [0.4, 0.5) is 0 Å². The Bertz CT molecular complexity index is 278. The van der Waals surface area contributed by atoms with Crippen LogP contribution in [-0.4, -0.2) is 7.85 Å². The molecule has 1 aromatic rings. The smallest absolute Gasteiger partial charge is 0.0643 e. The van der Waals surface area contributed by atoms with Crippen LogP contribution >= 0.6 is 0 Å². The van der Waals surface area contributed by atoms with Crippen molar-refractivity contribution in [3.05, 3.63) is 34.9 Å². The molecular weight excluding hydrogens is 143 g/mol. The lowest BCUT2D eigenvalue weighted by atomic mass is 9.87. The molecule has 0 saturated heterocycles. The van der Waals surface area contributed by atoms with E-state index in [-0.39, 0.29) is 0 Å². The molecular formula is C11H13B. The van der Waals surface area contributed by atoms with E-state index in [4.69, 9.17) is 7.85 Å². The molecule has 0 saturated carbocycles. The molecule has 0 unspecified atom stereocenters. The van der Waals surface area contributed by atoms with E-state index >= 15 is 0 Å². The third kappa shape index (κ3) is 1.41. The van der Waals surface area contributed by atoms with Crippen molar-refractivity contribution in [1.29, 1.82) is 0 Å². The van der Waals surface area contributed by atoms with Crippen LogP contribution in [0.5, 0.6) is 0 Å². The fraction of sp³-hybridized carbons (Fsp3) is 0.455. The molecule has 1 heteroatoms. The zero-order valence-corrected chi connectivity index (χ0v) is 7.34. The summed E-state index contributed by atoms with van der Waals surface area (Å²) in [5.41, 5.74) is 4.35. The molecule has 12 heavy (non-hydrogen) atoms. The summed E-state index contributed by atoms with van der Waals surface area (Å²) in [6.45, 7) is 0. The van der Waals surface area contributed by atoms with Gasteiger partial charge in [-0.2, -0.15) is 0 Å². The lowest BCUT2D eigenvalue weighted by Gasteiger charge is -2.16.